The normalized spacial score (nSPS) is 10.8. The summed E-state index contributed by atoms with van der Waals surface area (Å²) in [6.45, 7) is -0.161. The average molecular weight is 363 g/mol. The number of methoxy groups -OCH3 is 1. The number of amides is 2. The lowest BCUT2D eigenvalue weighted by Crippen LogP contribution is -2.21. The second kappa shape index (κ2) is 7.77. The molecule has 25 heavy (non-hydrogen) atoms. The smallest absolute Gasteiger partial charge is 0.411 e. The predicted molar refractivity (Wildman–Crippen MR) is 92.0 cm³/mol. The van der Waals surface area contributed by atoms with Crippen LogP contribution in [0.3, 0.4) is 0 Å². The number of sulfone groups is 1. The predicted octanol–water partition coefficient (Wildman–Crippen LogP) is 1.59. The number of carbonyl (C=O) groups is 2. The Bertz CT molecular complexity index is 794. The Hall–Kier alpha value is -2.91. The molecule has 0 atom stereocenters. The molecule has 0 fully saturated rings. The molecule has 0 radical (unpaired) electrons. The van der Waals surface area contributed by atoms with E-state index in [1.54, 1.807) is 0 Å². The van der Waals surface area contributed by atoms with Gasteiger partial charge in [0.05, 0.1) is 23.4 Å². The van der Waals surface area contributed by atoms with Crippen molar-refractivity contribution in [2.45, 2.75) is 9.79 Å². The van der Waals surface area contributed by atoms with Gasteiger partial charge in [0.15, 0.2) is 0 Å². The first-order valence-electron chi connectivity index (χ1n) is 7.17. The number of carbonyl (C=O) groups excluding carboxylic acids is 2. The van der Waals surface area contributed by atoms with E-state index in [-0.39, 0.29) is 22.2 Å². The van der Waals surface area contributed by atoms with Gasteiger partial charge in [-0.3, -0.25) is 10.1 Å². The summed E-state index contributed by atoms with van der Waals surface area (Å²) in [6, 6.07) is 11.4. The fourth-order valence-corrected chi connectivity index (χ4v) is 3.21. The summed E-state index contributed by atoms with van der Waals surface area (Å²) < 4.78 is 29.6. The number of anilines is 2. The van der Waals surface area contributed by atoms with E-state index in [1.807, 2.05) is 0 Å². The van der Waals surface area contributed by atoms with Crippen LogP contribution in [0.5, 0.6) is 0 Å². The van der Waals surface area contributed by atoms with Gasteiger partial charge in [0.2, 0.25) is 15.7 Å². The molecular formula is C16H17N3O5S. The Kier molecular flexibility index (Phi) is 5.73. The van der Waals surface area contributed by atoms with Crippen LogP contribution in [-0.4, -0.2) is 34.1 Å². The maximum atomic E-state index is 12.6. The third kappa shape index (κ3) is 4.55. The molecule has 132 valence electrons. The second-order valence-electron chi connectivity index (χ2n) is 4.92. The summed E-state index contributed by atoms with van der Waals surface area (Å²) in [6.07, 6.45) is -0.647. The molecule has 9 heteroatoms. The maximum absolute atomic E-state index is 12.6. The van der Waals surface area contributed by atoms with E-state index >= 15 is 0 Å². The number of hydrogen-bond acceptors (Lipinski definition) is 6. The van der Waals surface area contributed by atoms with E-state index in [0.717, 1.165) is 0 Å². The number of benzene rings is 2. The molecule has 2 aromatic carbocycles. The molecule has 2 amide bonds. The van der Waals surface area contributed by atoms with Crippen molar-refractivity contribution >= 4 is 33.2 Å². The highest BCUT2D eigenvalue weighted by atomic mass is 32.2. The monoisotopic (exact) mass is 363 g/mol. The Morgan fingerprint density at radius 3 is 1.76 bits per heavy atom. The molecule has 0 heterocycles. The van der Waals surface area contributed by atoms with Gasteiger partial charge in [-0.05, 0) is 48.5 Å². The molecule has 0 aliphatic carbocycles. The summed E-state index contributed by atoms with van der Waals surface area (Å²) in [4.78, 5) is 22.5. The molecule has 2 aromatic rings. The van der Waals surface area contributed by atoms with Crippen molar-refractivity contribution in [3.63, 3.8) is 0 Å². The summed E-state index contributed by atoms with van der Waals surface area (Å²) in [5, 5.41) is 4.97. The van der Waals surface area contributed by atoms with Gasteiger partial charge >= 0.3 is 6.09 Å². The zero-order valence-electron chi connectivity index (χ0n) is 13.4. The van der Waals surface area contributed by atoms with E-state index < -0.39 is 15.9 Å². The van der Waals surface area contributed by atoms with Gasteiger partial charge in [-0.15, -0.1) is 0 Å². The summed E-state index contributed by atoms with van der Waals surface area (Å²) in [7, 11) is -2.49. The highest BCUT2D eigenvalue weighted by Gasteiger charge is 2.17. The fourth-order valence-electron chi connectivity index (χ4n) is 1.95. The zero-order chi connectivity index (χ0) is 18.4. The number of ether oxygens (including phenoxy) is 1. The Morgan fingerprint density at radius 2 is 1.36 bits per heavy atom. The van der Waals surface area contributed by atoms with Crippen molar-refractivity contribution in [2.75, 3.05) is 24.3 Å². The van der Waals surface area contributed by atoms with Crippen molar-refractivity contribution < 1.29 is 22.7 Å². The van der Waals surface area contributed by atoms with Crippen LogP contribution in [0, 0.1) is 0 Å². The quantitative estimate of drug-likeness (QED) is 0.740. The topological polar surface area (TPSA) is 128 Å². The molecule has 0 aliphatic rings. The van der Waals surface area contributed by atoms with Crippen LogP contribution in [0.25, 0.3) is 0 Å². The highest BCUT2D eigenvalue weighted by Crippen LogP contribution is 2.23. The van der Waals surface area contributed by atoms with Crippen LogP contribution in [0.15, 0.2) is 58.3 Å². The Morgan fingerprint density at radius 1 is 0.920 bits per heavy atom. The minimum Gasteiger partial charge on any atom is -0.453 e. The number of nitrogens with one attached hydrogen (secondary N) is 2. The molecule has 0 saturated carbocycles. The van der Waals surface area contributed by atoms with E-state index in [1.165, 1.54) is 55.6 Å². The fraction of sp³-hybridized carbons (Fsp3) is 0.125. The molecule has 4 N–H and O–H groups in total. The minimum absolute atomic E-state index is 0.0710. The molecule has 0 spiro atoms. The number of rotatable bonds is 5. The van der Waals surface area contributed by atoms with E-state index in [9.17, 15) is 18.0 Å². The lowest BCUT2D eigenvalue weighted by molar-refractivity contribution is -0.114. The Labute approximate surface area is 144 Å². The van der Waals surface area contributed by atoms with Crippen LogP contribution in [0.1, 0.15) is 0 Å². The van der Waals surface area contributed by atoms with Crippen molar-refractivity contribution in [2.24, 2.45) is 5.73 Å². The first-order valence-corrected chi connectivity index (χ1v) is 8.65. The maximum Gasteiger partial charge on any atom is 0.411 e. The number of hydrogen-bond donors (Lipinski definition) is 3. The largest absolute Gasteiger partial charge is 0.453 e. The molecule has 0 aromatic heterocycles. The van der Waals surface area contributed by atoms with Crippen molar-refractivity contribution in [1.82, 2.24) is 0 Å². The standard InChI is InChI=1S/C16H17N3O5S/c1-24-16(21)19-12-4-8-14(9-5-12)25(22,23)13-6-2-11(3-7-13)18-15(20)10-17/h2-9H,10,17H2,1H3,(H,18,20)(H,19,21). The first kappa shape index (κ1) is 18.4. The molecule has 0 bridgehead atoms. The lowest BCUT2D eigenvalue weighted by atomic mass is 10.3. The molecular weight excluding hydrogens is 346 g/mol. The van der Waals surface area contributed by atoms with Crippen molar-refractivity contribution in [3.8, 4) is 0 Å². The van der Waals surface area contributed by atoms with Crippen LogP contribution in [0.4, 0.5) is 16.2 Å². The second-order valence-corrected chi connectivity index (χ2v) is 6.87. The number of nitrogens with two attached hydrogens (primary N) is 1. The van der Waals surface area contributed by atoms with E-state index in [0.29, 0.717) is 11.4 Å². The third-order valence-corrected chi connectivity index (χ3v) is 5.02. The molecule has 0 aliphatic heterocycles. The molecule has 8 nitrogen and oxygen atoms in total. The first-order chi connectivity index (χ1) is 11.9. The average Bonchev–Trinajstić information content (AvgIpc) is 2.62. The molecule has 0 unspecified atom stereocenters. The van der Waals surface area contributed by atoms with Gasteiger partial charge in [-0.2, -0.15) is 0 Å². The van der Waals surface area contributed by atoms with Gasteiger partial charge in [0.1, 0.15) is 0 Å². The van der Waals surface area contributed by atoms with Crippen LogP contribution in [-0.2, 0) is 19.4 Å². The summed E-state index contributed by atoms with van der Waals surface area (Å²) >= 11 is 0. The van der Waals surface area contributed by atoms with Gasteiger partial charge < -0.3 is 15.8 Å². The molecule has 2 rings (SSSR count). The van der Waals surface area contributed by atoms with Gasteiger partial charge in [-0.25, -0.2) is 13.2 Å². The minimum atomic E-state index is -3.72. The zero-order valence-corrected chi connectivity index (χ0v) is 14.2. The summed E-state index contributed by atoms with van der Waals surface area (Å²) in [5.74, 6) is -0.371. The lowest BCUT2D eigenvalue weighted by Gasteiger charge is -2.08. The highest BCUT2D eigenvalue weighted by molar-refractivity contribution is 7.91. The van der Waals surface area contributed by atoms with Gasteiger partial charge in [-0.1, -0.05) is 0 Å². The van der Waals surface area contributed by atoms with Crippen LogP contribution in [0.2, 0.25) is 0 Å². The van der Waals surface area contributed by atoms with Gasteiger partial charge in [0, 0.05) is 11.4 Å². The molecule has 0 saturated heterocycles. The van der Waals surface area contributed by atoms with Crippen LogP contribution < -0.4 is 16.4 Å². The SMILES string of the molecule is COC(=O)Nc1ccc(S(=O)(=O)c2ccc(NC(=O)CN)cc2)cc1. The van der Waals surface area contributed by atoms with Crippen LogP contribution >= 0.6 is 0 Å². The van der Waals surface area contributed by atoms with E-state index in [4.69, 9.17) is 5.73 Å². The summed E-state index contributed by atoms with van der Waals surface area (Å²) in [5.41, 5.74) is 6.06. The van der Waals surface area contributed by atoms with Gasteiger partial charge in [0.25, 0.3) is 0 Å². The Balaban J connectivity index is 2.20. The van der Waals surface area contributed by atoms with E-state index in [2.05, 4.69) is 15.4 Å². The van der Waals surface area contributed by atoms with Crippen molar-refractivity contribution in [3.05, 3.63) is 48.5 Å². The third-order valence-electron chi connectivity index (χ3n) is 3.23. The van der Waals surface area contributed by atoms with Crippen molar-refractivity contribution in [1.29, 1.82) is 0 Å².